The summed E-state index contributed by atoms with van der Waals surface area (Å²) >= 11 is 3.43. The lowest BCUT2D eigenvalue weighted by molar-refractivity contribution is -0.120. The number of hydrogen-bond acceptors (Lipinski definition) is 4. The monoisotopic (exact) mass is 469 g/mol. The summed E-state index contributed by atoms with van der Waals surface area (Å²) in [4.78, 5) is 17.2. The Morgan fingerprint density at radius 3 is 2.70 bits per heavy atom. The van der Waals surface area contributed by atoms with Crippen LogP contribution in [-0.4, -0.2) is 28.1 Å². The predicted octanol–water partition coefficient (Wildman–Crippen LogP) is 3.89. The molecule has 0 unspecified atom stereocenters. The first-order valence-corrected chi connectivity index (χ1v) is 10.2. The van der Waals surface area contributed by atoms with Gasteiger partial charge in [0.2, 0.25) is 0 Å². The largest absolute Gasteiger partial charge is 0.384 e. The van der Waals surface area contributed by atoms with Crippen LogP contribution >= 0.6 is 15.9 Å². The summed E-state index contributed by atoms with van der Waals surface area (Å²) in [6, 6.07) is 15.3. The van der Waals surface area contributed by atoms with Gasteiger partial charge in [-0.15, -0.1) is 0 Å². The van der Waals surface area contributed by atoms with Crippen molar-refractivity contribution < 1.29 is 9.63 Å². The van der Waals surface area contributed by atoms with E-state index in [0.29, 0.717) is 12.2 Å². The first-order valence-electron chi connectivity index (χ1n) is 9.43. The third-order valence-corrected chi connectivity index (χ3v) is 5.35. The number of hydrogen-bond donors (Lipinski definition) is 2. The molecule has 1 aromatic heterocycles. The molecule has 0 fully saturated rings. The highest BCUT2D eigenvalue weighted by Gasteiger charge is 2.07. The number of aryl methyl sites for hydroxylation is 3. The quantitative estimate of drug-likeness (QED) is 0.311. The number of amidine groups is 1. The second-order valence-electron chi connectivity index (χ2n) is 7.05. The maximum absolute atomic E-state index is 12.1. The highest BCUT2D eigenvalue weighted by Crippen LogP contribution is 2.19. The van der Waals surface area contributed by atoms with E-state index in [-0.39, 0.29) is 18.3 Å². The summed E-state index contributed by atoms with van der Waals surface area (Å²) in [5, 5.41) is 11.1. The fourth-order valence-corrected chi connectivity index (χ4v) is 3.22. The number of aromatic nitrogens is 2. The van der Waals surface area contributed by atoms with Crippen LogP contribution < -0.4 is 11.1 Å². The molecule has 30 heavy (non-hydrogen) atoms. The summed E-state index contributed by atoms with van der Waals surface area (Å²) in [6.45, 7) is 6.34. The van der Waals surface area contributed by atoms with Crippen molar-refractivity contribution in [2.45, 2.75) is 27.3 Å². The lowest BCUT2D eigenvalue weighted by Gasteiger charge is -2.08. The van der Waals surface area contributed by atoms with Crippen LogP contribution in [0.5, 0.6) is 0 Å². The number of halogens is 1. The number of amides is 1. The van der Waals surface area contributed by atoms with Crippen molar-refractivity contribution in [3.8, 4) is 0 Å². The fourth-order valence-electron chi connectivity index (χ4n) is 2.97. The van der Waals surface area contributed by atoms with Crippen molar-refractivity contribution in [2.75, 3.05) is 11.9 Å². The van der Waals surface area contributed by atoms with E-state index in [1.807, 2.05) is 67.9 Å². The number of oxime groups is 1. The number of nitrogens with one attached hydrogen (secondary N) is 1. The van der Waals surface area contributed by atoms with Crippen molar-refractivity contribution >= 4 is 33.4 Å². The summed E-state index contributed by atoms with van der Waals surface area (Å²) in [5.41, 5.74) is 11.6. The zero-order valence-corrected chi connectivity index (χ0v) is 18.7. The zero-order valence-electron chi connectivity index (χ0n) is 17.1. The van der Waals surface area contributed by atoms with Gasteiger partial charge in [0, 0.05) is 21.4 Å². The van der Waals surface area contributed by atoms with Crippen LogP contribution in [0.4, 0.5) is 5.69 Å². The molecule has 0 bridgehead atoms. The Hall–Kier alpha value is -3.13. The molecule has 0 radical (unpaired) electrons. The summed E-state index contributed by atoms with van der Waals surface area (Å²) in [7, 11) is 0. The highest BCUT2D eigenvalue weighted by molar-refractivity contribution is 9.10. The minimum Gasteiger partial charge on any atom is -0.384 e. The third-order valence-electron chi connectivity index (χ3n) is 4.46. The fraction of sp³-hybridized carbons (Fsp3) is 0.227. The van der Waals surface area contributed by atoms with Crippen molar-refractivity contribution in [2.24, 2.45) is 10.9 Å². The molecule has 0 aliphatic carbocycles. The molecule has 0 saturated carbocycles. The normalized spacial score (nSPS) is 11.4. The smallest absolute Gasteiger partial charge is 0.265 e. The minimum absolute atomic E-state index is 0.206. The number of carbonyl (C=O) groups excluding carboxylic acids is 1. The molecule has 3 rings (SSSR count). The van der Waals surface area contributed by atoms with Gasteiger partial charge in [-0.05, 0) is 62.2 Å². The molecule has 0 aliphatic heterocycles. The molecule has 156 valence electrons. The average molecular weight is 470 g/mol. The summed E-state index contributed by atoms with van der Waals surface area (Å²) in [6.07, 6.45) is 0. The summed E-state index contributed by atoms with van der Waals surface area (Å²) in [5.74, 6) is -0.107. The van der Waals surface area contributed by atoms with Crippen LogP contribution in [0.15, 0.2) is 58.2 Å². The highest BCUT2D eigenvalue weighted by atomic mass is 79.9. The van der Waals surface area contributed by atoms with Crippen LogP contribution in [0.1, 0.15) is 28.1 Å². The summed E-state index contributed by atoms with van der Waals surface area (Å²) < 4.78 is 2.92. The van der Waals surface area contributed by atoms with Crippen molar-refractivity contribution in [3.05, 3.63) is 81.1 Å². The van der Waals surface area contributed by atoms with Gasteiger partial charge in [-0.1, -0.05) is 39.3 Å². The number of benzene rings is 2. The van der Waals surface area contributed by atoms with Gasteiger partial charge < -0.3 is 15.9 Å². The molecule has 3 N–H and O–H groups in total. The van der Waals surface area contributed by atoms with Crippen LogP contribution in [0, 0.1) is 20.8 Å². The first-order chi connectivity index (χ1) is 14.3. The number of nitrogens with zero attached hydrogens (tertiary/aromatic N) is 3. The molecule has 0 spiro atoms. The van der Waals surface area contributed by atoms with E-state index in [2.05, 4.69) is 31.5 Å². The van der Waals surface area contributed by atoms with E-state index in [1.165, 1.54) is 0 Å². The Balaban J connectivity index is 1.58. The van der Waals surface area contributed by atoms with Crippen LogP contribution in [0.2, 0.25) is 0 Å². The predicted molar refractivity (Wildman–Crippen MR) is 121 cm³/mol. The third kappa shape index (κ3) is 5.70. The van der Waals surface area contributed by atoms with Crippen molar-refractivity contribution in [1.82, 2.24) is 9.78 Å². The Bertz CT molecular complexity index is 1090. The number of rotatable bonds is 7. The van der Waals surface area contributed by atoms with Crippen molar-refractivity contribution in [1.29, 1.82) is 0 Å². The Kier molecular flexibility index (Phi) is 6.89. The van der Waals surface area contributed by atoms with E-state index in [1.54, 1.807) is 6.07 Å². The second-order valence-corrected chi connectivity index (χ2v) is 7.90. The molecule has 0 aliphatic rings. The molecule has 0 atom stereocenters. The minimum atomic E-state index is -0.313. The molecule has 8 heteroatoms. The van der Waals surface area contributed by atoms with E-state index in [9.17, 15) is 4.79 Å². The van der Waals surface area contributed by atoms with Gasteiger partial charge in [-0.25, -0.2) is 0 Å². The molecule has 7 nitrogen and oxygen atoms in total. The van der Waals surface area contributed by atoms with Gasteiger partial charge in [0.25, 0.3) is 5.91 Å². The molecule has 3 aromatic rings. The Morgan fingerprint density at radius 2 is 2.00 bits per heavy atom. The molecule has 0 saturated heterocycles. The van der Waals surface area contributed by atoms with E-state index >= 15 is 0 Å². The van der Waals surface area contributed by atoms with Crippen LogP contribution in [-0.2, 0) is 16.2 Å². The lowest BCUT2D eigenvalue weighted by Crippen LogP contribution is -2.19. The molecular formula is C22H24BrN5O2. The molecule has 2 aromatic carbocycles. The van der Waals surface area contributed by atoms with Gasteiger partial charge in [0.05, 0.1) is 12.2 Å². The number of carbonyl (C=O) groups is 1. The van der Waals surface area contributed by atoms with Gasteiger partial charge in [-0.2, -0.15) is 5.10 Å². The Labute approximate surface area is 184 Å². The van der Waals surface area contributed by atoms with Gasteiger partial charge in [0.15, 0.2) is 12.4 Å². The zero-order chi connectivity index (χ0) is 21.7. The van der Waals surface area contributed by atoms with E-state index < -0.39 is 0 Å². The number of nitrogens with two attached hydrogens (primary N) is 1. The maximum atomic E-state index is 12.1. The Morgan fingerprint density at radius 1 is 1.20 bits per heavy atom. The first kappa shape index (κ1) is 21.6. The van der Waals surface area contributed by atoms with Crippen LogP contribution in [0.25, 0.3) is 0 Å². The van der Waals surface area contributed by atoms with Crippen molar-refractivity contribution in [3.63, 3.8) is 0 Å². The van der Waals surface area contributed by atoms with E-state index in [0.717, 1.165) is 32.6 Å². The average Bonchev–Trinajstić information content (AvgIpc) is 3.01. The van der Waals surface area contributed by atoms with Crippen LogP contribution in [0.3, 0.4) is 0 Å². The lowest BCUT2D eigenvalue weighted by atomic mass is 10.1. The van der Waals surface area contributed by atoms with E-state index in [4.69, 9.17) is 10.6 Å². The maximum Gasteiger partial charge on any atom is 0.265 e. The second kappa shape index (κ2) is 9.58. The number of anilines is 1. The topological polar surface area (TPSA) is 94.5 Å². The molecular weight excluding hydrogens is 446 g/mol. The molecule has 1 heterocycles. The van der Waals surface area contributed by atoms with Gasteiger partial charge >= 0.3 is 0 Å². The van der Waals surface area contributed by atoms with Gasteiger partial charge in [0.1, 0.15) is 0 Å². The molecule has 1 amide bonds. The SMILES string of the molecule is Cc1cc(C)n(Cc2cccc(/C(N)=N/OCC(=O)Nc3ccc(Br)c(C)c3)c2)n1. The standard InChI is InChI=1S/C22H24BrN5O2/c1-14-9-19(7-8-20(14)23)25-21(29)13-30-27-22(24)18-6-4-5-17(11-18)12-28-16(3)10-15(2)26-28/h4-11H,12-13H2,1-3H3,(H2,24,27)(H,25,29). The van der Waals surface area contributed by atoms with Gasteiger partial charge in [-0.3, -0.25) is 9.48 Å².